The second kappa shape index (κ2) is 10.2. The maximum atomic E-state index is 12.2. The molecule has 3 aromatic rings. The van der Waals surface area contributed by atoms with Crippen LogP contribution in [0.5, 0.6) is 17.2 Å². The summed E-state index contributed by atoms with van der Waals surface area (Å²) in [5.41, 5.74) is 4.77. The number of rotatable bonds is 7. The Morgan fingerprint density at radius 2 is 1.83 bits per heavy atom. The first-order valence-corrected chi connectivity index (χ1v) is 12.5. The molecule has 0 spiro atoms. The van der Waals surface area contributed by atoms with Crippen molar-refractivity contribution in [1.82, 2.24) is 10.2 Å². The number of aromatic hydroxyl groups is 1. The quantitative estimate of drug-likeness (QED) is 0.211. The minimum Gasteiger partial charge on any atom is -0.507 e. The summed E-state index contributed by atoms with van der Waals surface area (Å²) in [5, 5.41) is 18.9. The molecule has 7 nitrogen and oxygen atoms in total. The molecule has 0 bridgehead atoms. The molecule has 2 heterocycles. The molecular formula is C27H33N3O4S. The molecule has 2 aromatic carbocycles. The molecule has 0 saturated carbocycles. The van der Waals surface area contributed by atoms with Crippen molar-refractivity contribution >= 4 is 24.3 Å². The number of hydrogen-bond acceptors (Lipinski definition) is 7. The summed E-state index contributed by atoms with van der Waals surface area (Å²) in [5.74, 6) is 0.631. The highest BCUT2D eigenvalue weighted by molar-refractivity contribution is 7.80. The zero-order valence-electron chi connectivity index (χ0n) is 20.9. The molecule has 8 heteroatoms. The molecule has 186 valence electrons. The van der Waals surface area contributed by atoms with E-state index in [4.69, 9.17) is 9.47 Å². The lowest BCUT2D eigenvalue weighted by Gasteiger charge is -2.22. The zero-order valence-corrected chi connectivity index (χ0v) is 21.8. The van der Waals surface area contributed by atoms with Gasteiger partial charge in [-0.1, -0.05) is 33.8 Å². The summed E-state index contributed by atoms with van der Waals surface area (Å²) in [7, 11) is 1.68. The van der Waals surface area contributed by atoms with Crippen LogP contribution in [-0.2, 0) is 4.79 Å². The Morgan fingerprint density at radius 1 is 1.11 bits per heavy atom. The number of ether oxygens (including phenoxy) is 2. The van der Waals surface area contributed by atoms with Gasteiger partial charge >= 0.3 is 5.97 Å². The van der Waals surface area contributed by atoms with Gasteiger partial charge in [0, 0.05) is 30.3 Å². The molecule has 1 aliphatic rings. The maximum Gasteiger partial charge on any atom is 0.313 e. The second-order valence-corrected chi connectivity index (χ2v) is 9.94. The van der Waals surface area contributed by atoms with E-state index in [1.54, 1.807) is 21.0 Å². The first-order chi connectivity index (χ1) is 16.7. The third kappa shape index (κ3) is 4.98. The van der Waals surface area contributed by atoms with Crippen molar-refractivity contribution in [3.05, 3.63) is 35.9 Å². The van der Waals surface area contributed by atoms with Gasteiger partial charge in [-0.2, -0.15) is 5.10 Å². The van der Waals surface area contributed by atoms with E-state index < -0.39 is 0 Å². The molecule has 4 rings (SSSR count). The van der Waals surface area contributed by atoms with Gasteiger partial charge in [0.05, 0.1) is 24.4 Å². The highest BCUT2D eigenvalue weighted by Crippen LogP contribution is 2.44. The summed E-state index contributed by atoms with van der Waals surface area (Å²) in [6.07, 6.45) is 2.31. The van der Waals surface area contributed by atoms with Crippen LogP contribution in [0.2, 0.25) is 0 Å². The van der Waals surface area contributed by atoms with Gasteiger partial charge < -0.3 is 19.5 Å². The fraction of sp³-hybridized carbons (Fsp3) is 0.407. The third-order valence-corrected chi connectivity index (χ3v) is 6.69. The van der Waals surface area contributed by atoms with Crippen LogP contribution in [0, 0.1) is 5.92 Å². The van der Waals surface area contributed by atoms with Crippen LogP contribution in [0.15, 0.2) is 35.4 Å². The Morgan fingerprint density at radius 3 is 2.46 bits per heavy atom. The number of hydrogen-bond donors (Lipinski definition) is 3. The van der Waals surface area contributed by atoms with Gasteiger partial charge in [0.15, 0.2) is 0 Å². The molecule has 1 aromatic heterocycles. The van der Waals surface area contributed by atoms with Gasteiger partial charge in [0.1, 0.15) is 22.3 Å². The fourth-order valence-corrected chi connectivity index (χ4v) is 4.69. The van der Waals surface area contributed by atoms with Crippen molar-refractivity contribution < 1.29 is 19.4 Å². The minimum absolute atomic E-state index is 0.00697. The molecule has 0 atom stereocenters. The maximum absolute atomic E-state index is 12.2. The van der Waals surface area contributed by atoms with Crippen molar-refractivity contribution in [2.24, 2.45) is 5.92 Å². The van der Waals surface area contributed by atoms with Crippen molar-refractivity contribution in [3.8, 4) is 39.6 Å². The van der Waals surface area contributed by atoms with Crippen LogP contribution < -0.4 is 14.4 Å². The normalized spacial score (nSPS) is 13.7. The number of thiol groups is 1. The van der Waals surface area contributed by atoms with Crippen molar-refractivity contribution in [3.63, 3.8) is 0 Å². The molecule has 0 unspecified atom stereocenters. The lowest BCUT2D eigenvalue weighted by Crippen LogP contribution is -2.18. The highest BCUT2D eigenvalue weighted by atomic mass is 32.1. The van der Waals surface area contributed by atoms with Crippen LogP contribution in [0.1, 0.15) is 52.0 Å². The minimum atomic E-state index is -0.341. The number of nitrogens with zero attached hydrogens (tertiary/aromatic N) is 2. The number of esters is 1. The molecule has 35 heavy (non-hydrogen) atoms. The number of benzene rings is 2. The van der Waals surface area contributed by atoms with E-state index in [1.165, 1.54) is 6.07 Å². The Labute approximate surface area is 211 Å². The van der Waals surface area contributed by atoms with E-state index in [9.17, 15) is 9.90 Å². The van der Waals surface area contributed by atoms with Crippen LogP contribution in [-0.4, -0.2) is 41.5 Å². The fourth-order valence-electron chi connectivity index (χ4n) is 4.40. The van der Waals surface area contributed by atoms with E-state index in [1.807, 2.05) is 32.0 Å². The molecular weight excluding hydrogens is 462 g/mol. The average Bonchev–Trinajstić information content (AvgIpc) is 3.48. The number of H-pyrrole nitrogens is 1. The lowest BCUT2D eigenvalue weighted by molar-refractivity contribution is -0.137. The highest BCUT2D eigenvalue weighted by Gasteiger charge is 2.24. The SMILES string of the molecule is COc1ccc(-c2c(S)n[nH]c2-c2cc(C(C)C)c(OC(=O)C(C)C)cc2O)cc1N1CCCC1. The number of carbonyl (C=O) groups excluding carboxylic acids is 1. The van der Waals surface area contributed by atoms with Crippen LogP contribution >= 0.6 is 12.6 Å². The van der Waals surface area contributed by atoms with Gasteiger partial charge in [0.25, 0.3) is 0 Å². The van der Waals surface area contributed by atoms with Gasteiger partial charge in [-0.25, -0.2) is 0 Å². The molecule has 1 fully saturated rings. The van der Waals surface area contributed by atoms with Crippen LogP contribution in [0.4, 0.5) is 5.69 Å². The Kier molecular flexibility index (Phi) is 7.31. The summed E-state index contributed by atoms with van der Waals surface area (Å²) in [6.45, 7) is 9.57. The largest absolute Gasteiger partial charge is 0.507 e. The number of carbonyl (C=O) groups is 1. The third-order valence-electron chi connectivity index (χ3n) is 6.36. The number of anilines is 1. The molecule has 1 aliphatic heterocycles. The van der Waals surface area contributed by atoms with E-state index in [0.29, 0.717) is 22.0 Å². The van der Waals surface area contributed by atoms with Crippen LogP contribution in [0.3, 0.4) is 0 Å². The average molecular weight is 496 g/mol. The van der Waals surface area contributed by atoms with Gasteiger partial charge in [-0.3, -0.25) is 9.89 Å². The van der Waals surface area contributed by atoms with Crippen molar-refractivity contribution in [2.75, 3.05) is 25.1 Å². The number of methoxy groups -OCH3 is 1. The predicted molar refractivity (Wildman–Crippen MR) is 141 cm³/mol. The number of phenols is 1. The summed E-state index contributed by atoms with van der Waals surface area (Å²) >= 11 is 4.62. The number of nitrogens with one attached hydrogen (secondary N) is 1. The van der Waals surface area contributed by atoms with Gasteiger partial charge in [-0.05, 0) is 48.1 Å². The molecule has 1 saturated heterocycles. The number of aromatic amines is 1. The topological polar surface area (TPSA) is 87.7 Å². The number of phenolic OH excluding ortho intramolecular Hbond substituents is 1. The zero-order chi connectivity index (χ0) is 25.3. The molecule has 0 aliphatic carbocycles. The summed E-state index contributed by atoms with van der Waals surface area (Å²) in [4.78, 5) is 14.6. The Hall–Kier alpha value is -3.13. The Bertz CT molecular complexity index is 1230. The Balaban J connectivity index is 1.82. The second-order valence-electron chi connectivity index (χ2n) is 9.52. The first kappa shape index (κ1) is 25.0. The van der Waals surface area contributed by atoms with E-state index >= 15 is 0 Å². The smallest absolute Gasteiger partial charge is 0.313 e. The molecule has 2 N–H and O–H groups in total. The summed E-state index contributed by atoms with van der Waals surface area (Å²) < 4.78 is 11.2. The van der Waals surface area contributed by atoms with Gasteiger partial charge in [-0.15, -0.1) is 12.6 Å². The lowest BCUT2D eigenvalue weighted by atomic mass is 9.94. The van der Waals surface area contributed by atoms with E-state index in [2.05, 4.69) is 33.8 Å². The standard InChI is InChI=1S/C27H33N3O4S/c1-15(2)18-13-19(21(31)14-23(18)34-27(32)16(3)4)25-24(26(35)29-28-25)17-8-9-22(33-5)20(12-17)30-10-6-7-11-30/h8-9,12-16,31H,6-7,10-11H2,1-5H3,(H2,28,29,35). The molecule has 0 amide bonds. The van der Waals surface area contributed by atoms with E-state index in [0.717, 1.165) is 54.1 Å². The number of aromatic nitrogens is 2. The van der Waals surface area contributed by atoms with Crippen LogP contribution in [0.25, 0.3) is 22.4 Å². The first-order valence-electron chi connectivity index (χ1n) is 12.0. The van der Waals surface area contributed by atoms with Gasteiger partial charge in [0.2, 0.25) is 0 Å². The van der Waals surface area contributed by atoms with E-state index in [-0.39, 0.29) is 23.6 Å². The predicted octanol–water partition coefficient (Wildman–Crippen LogP) is 6.03. The van der Waals surface area contributed by atoms with Crippen molar-refractivity contribution in [2.45, 2.75) is 51.5 Å². The summed E-state index contributed by atoms with van der Waals surface area (Å²) in [6, 6.07) is 9.40. The molecule has 0 radical (unpaired) electrons. The van der Waals surface area contributed by atoms with Crippen molar-refractivity contribution in [1.29, 1.82) is 0 Å². The monoisotopic (exact) mass is 495 g/mol.